The Labute approximate surface area is 132 Å². The fraction of sp³-hybridized carbons (Fsp3) is 0.800. The maximum absolute atomic E-state index is 12.2. The van der Waals surface area contributed by atoms with Crippen LogP contribution < -0.4 is 5.32 Å². The number of hydrogen-bond acceptors (Lipinski definition) is 5. The number of carbonyl (C=O) groups is 1. The summed E-state index contributed by atoms with van der Waals surface area (Å²) in [6, 6.07) is 0.268. The van der Waals surface area contributed by atoms with Crippen molar-refractivity contribution in [2.24, 2.45) is 7.05 Å². The van der Waals surface area contributed by atoms with Crippen LogP contribution in [-0.2, 0) is 18.3 Å². The topological polar surface area (TPSA) is 72.3 Å². The van der Waals surface area contributed by atoms with E-state index in [4.69, 9.17) is 4.74 Å². The van der Waals surface area contributed by atoms with Crippen LogP contribution in [0.4, 0.5) is 4.79 Å². The molecular weight excluding hydrogens is 282 g/mol. The highest BCUT2D eigenvalue weighted by atomic mass is 16.6. The van der Waals surface area contributed by atoms with Crippen molar-refractivity contribution in [2.45, 2.75) is 58.2 Å². The van der Waals surface area contributed by atoms with Gasteiger partial charge in [-0.15, -0.1) is 5.10 Å². The average Bonchev–Trinajstić information content (AvgIpc) is 3.01. The van der Waals surface area contributed by atoms with Gasteiger partial charge in [0, 0.05) is 32.4 Å². The van der Waals surface area contributed by atoms with Gasteiger partial charge >= 0.3 is 6.09 Å². The number of carbonyl (C=O) groups excluding carboxylic acids is 1. The molecule has 1 unspecified atom stereocenters. The summed E-state index contributed by atoms with van der Waals surface area (Å²) in [5.74, 6) is 0. The zero-order valence-electron chi connectivity index (χ0n) is 14.0. The monoisotopic (exact) mass is 309 g/mol. The Morgan fingerprint density at radius 1 is 1.50 bits per heavy atom. The van der Waals surface area contributed by atoms with Gasteiger partial charge in [-0.05, 0) is 46.6 Å². The van der Waals surface area contributed by atoms with Crippen LogP contribution in [0.15, 0.2) is 6.20 Å². The summed E-state index contributed by atoms with van der Waals surface area (Å²) < 4.78 is 7.17. The molecule has 1 aliphatic rings. The van der Waals surface area contributed by atoms with E-state index in [-0.39, 0.29) is 12.1 Å². The van der Waals surface area contributed by atoms with Crippen molar-refractivity contribution < 1.29 is 9.53 Å². The first kappa shape index (κ1) is 16.7. The van der Waals surface area contributed by atoms with Crippen molar-refractivity contribution in [3.8, 4) is 0 Å². The fourth-order valence-electron chi connectivity index (χ4n) is 2.66. The molecule has 7 nitrogen and oxygen atoms in total. The van der Waals surface area contributed by atoms with Gasteiger partial charge in [-0.25, -0.2) is 4.79 Å². The van der Waals surface area contributed by atoms with Crippen molar-refractivity contribution in [3.63, 3.8) is 0 Å². The highest BCUT2D eigenvalue weighted by molar-refractivity contribution is 5.68. The smallest absolute Gasteiger partial charge is 0.410 e. The molecule has 0 aromatic carbocycles. The van der Waals surface area contributed by atoms with Gasteiger partial charge in [0.1, 0.15) is 5.60 Å². The number of aromatic nitrogens is 3. The van der Waals surface area contributed by atoms with Gasteiger partial charge in [-0.3, -0.25) is 4.68 Å². The Kier molecular flexibility index (Phi) is 5.39. The van der Waals surface area contributed by atoms with E-state index in [2.05, 4.69) is 15.6 Å². The summed E-state index contributed by atoms with van der Waals surface area (Å²) in [5, 5.41) is 11.3. The second-order valence-electron chi connectivity index (χ2n) is 6.82. The van der Waals surface area contributed by atoms with Crippen LogP contribution in [0, 0.1) is 0 Å². The number of ether oxygens (including phenoxy) is 1. The molecule has 0 bridgehead atoms. The van der Waals surface area contributed by atoms with Gasteiger partial charge < -0.3 is 15.0 Å². The second-order valence-corrected chi connectivity index (χ2v) is 6.82. The fourth-order valence-corrected chi connectivity index (χ4v) is 2.66. The van der Waals surface area contributed by atoms with E-state index in [0.717, 1.165) is 38.0 Å². The summed E-state index contributed by atoms with van der Waals surface area (Å²) in [6.45, 7) is 8.05. The van der Waals surface area contributed by atoms with E-state index < -0.39 is 5.60 Å². The predicted octanol–water partition coefficient (Wildman–Crippen LogP) is 1.69. The first-order valence-corrected chi connectivity index (χ1v) is 7.91. The SMILES string of the molecule is Cn1cc(CNCCC2CCCN2C(=O)OC(C)(C)C)nn1. The van der Waals surface area contributed by atoms with E-state index in [1.165, 1.54) is 0 Å². The van der Waals surface area contributed by atoms with E-state index >= 15 is 0 Å². The summed E-state index contributed by atoms with van der Waals surface area (Å²) in [7, 11) is 1.85. The first-order valence-electron chi connectivity index (χ1n) is 7.91. The van der Waals surface area contributed by atoms with Crippen molar-refractivity contribution >= 4 is 6.09 Å². The Balaban J connectivity index is 1.73. The number of aryl methyl sites for hydroxylation is 1. The largest absolute Gasteiger partial charge is 0.444 e. The molecule has 2 rings (SSSR count). The molecule has 1 amide bonds. The molecular formula is C15H27N5O2. The van der Waals surface area contributed by atoms with Gasteiger partial charge in [0.05, 0.1) is 5.69 Å². The summed E-state index contributed by atoms with van der Waals surface area (Å²) in [4.78, 5) is 14.1. The number of nitrogens with zero attached hydrogens (tertiary/aromatic N) is 4. The highest BCUT2D eigenvalue weighted by Gasteiger charge is 2.31. The van der Waals surface area contributed by atoms with Gasteiger partial charge in [0.15, 0.2) is 0 Å². The summed E-state index contributed by atoms with van der Waals surface area (Å²) >= 11 is 0. The van der Waals surface area contributed by atoms with Crippen molar-refractivity contribution in [1.82, 2.24) is 25.2 Å². The van der Waals surface area contributed by atoms with Crippen molar-refractivity contribution in [3.05, 3.63) is 11.9 Å². The molecule has 124 valence electrons. The zero-order valence-corrected chi connectivity index (χ0v) is 14.0. The minimum absolute atomic E-state index is 0.191. The molecule has 1 N–H and O–H groups in total. The van der Waals surface area contributed by atoms with E-state index in [1.807, 2.05) is 38.9 Å². The lowest BCUT2D eigenvalue weighted by Crippen LogP contribution is -2.40. The van der Waals surface area contributed by atoms with Crippen LogP contribution in [0.3, 0.4) is 0 Å². The minimum atomic E-state index is -0.436. The Morgan fingerprint density at radius 3 is 2.91 bits per heavy atom. The molecule has 0 saturated carbocycles. The molecule has 7 heteroatoms. The lowest BCUT2D eigenvalue weighted by Gasteiger charge is -2.28. The summed E-state index contributed by atoms with van der Waals surface area (Å²) in [5.41, 5.74) is 0.493. The van der Waals surface area contributed by atoms with E-state index in [1.54, 1.807) is 4.68 Å². The van der Waals surface area contributed by atoms with Crippen LogP contribution in [0.2, 0.25) is 0 Å². The summed E-state index contributed by atoms with van der Waals surface area (Å²) in [6.07, 6.45) is 4.73. The molecule has 0 spiro atoms. The molecule has 0 aliphatic carbocycles. The zero-order chi connectivity index (χ0) is 16.2. The molecule has 0 radical (unpaired) electrons. The maximum Gasteiger partial charge on any atom is 0.410 e. The molecule has 1 saturated heterocycles. The molecule has 1 aliphatic heterocycles. The maximum atomic E-state index is 12.2. The quantitative estimate of drug-likeness (QED) is 0.838. The van der Waals surface area contributed by atoms with Gasteiger partial charge in [0.25, 0.3) is 0 Å². The third-order valence-electron chi connectivity index (χ3n) is 3.62. The normalized spacial score (nSPS) is 18.7. The van der Waals surface area contributed by atoms with Crippen LogP contribution in [0.1, 0.15) is 45.7 Å². The van der Waals surface area contributed by atoms with E-state index in [9.17, 15) is 4.79 Å². The molecule has 1 atom stereocenters. The van der Waals surface area contributed by atoms with E-state index in [0.29, 0.717) is 6.54 Å². The minimum Gasteiger partial charge on any atom is -0.444 e. The number of likely N-dealkylation sites (tertiary alicyclic amines) is 1. The van der Waals surface area contributed by atoms with Crippen molar-refractivity contribution in [1.29, 1.82) is 0 Å². The lowest BCUT2D eigenvalue weighted by atomic mass is 10.1. The molecule has 22 heavy (non-hydrogen) atoms. The molecule has 1 aromatic heterocycles. The third kappa shape index (κ3) is 4.98. The predicted molar refractivity (Wildman–Crippen MR) is 83.3 cm³/mol. The van der Waals surface area contributed by atoms with Crippen LogP contribution in [-0.4, -0.2) is 50.7 Å². The highest BCUT2D eigenvalue weighted by Crippen LogP contribution is 2.22. The molecule has 2 heterocycles. The van der Waals surface area contributed by atoms with Crippen molar-refractivity contribution in [2.75, 3.05) is 13.1 Å². The van der Waals surface area contributed by atoms with Crippen LogP contribution in [0.5, 0.6) is 0 Å². The van der Waals surface area contributed by atoms with Gasteiger partial charge in [-0.2, -0.15) is 0 Å². The van der Waals surface area contributed by atoms with Gasteiger partial charge in [-0.1, -0.05) is 5.21 Å². The Bertz CT molecular complexity index is 494. The molecule has 1 aromatic rings. The Hall–Kier alpha value is -1.63. The second kappa shape index (κ2) is 7.09. The average molecular weight is 309 g/mol. The Morgan fingerprint density at radius 2 is 2.27 bits per heavy atom. The number of rotatable bonds is 5. The van der Waals surface area contributed by atoms with Crippen LogP contribution >= 0.6 is 0 Å². The molecule has 1 fully saturated rings. The lowest BCUT2D eigenvalue weighted by molar-refractivity contribution is 0.0220. The number of nitrogens with one attached hydrogen (secondary N) is 1. The number of amides is 1. The third-order valence-corrected chi connectivity index (χ3v) is 3.62. The van der Waals surface area contributed by atoms with Gasteiger partial charge in [0.2, 0.25) is 0 Å². The van der Waals surface area contributed by atoms with Crippen LogP contribution in [0.25, 0.3) is 0 Å². The standard InChI is InChI=1S/C15H27N5O2/c1-15(2,3)22-14(21)20-9-5-6-13(20)7-8-16-10-12-11-19(4)18-17-12/h11,13,16H,5-10H2,1-4H3. The first-order chi connectivity index (χ1) is 10.3. The number of hydrogen-bond donors (Lipinski definition) is 1.